The third-order valence-electron chi connectivity index (χ3n) is 2.29. The fourth-order valence-corrected chi connectivity index (χ4v) is 1.54. The van der Waals surface area contributed by atoms with Crippen molar-refractivity contribution in [2.75, 3.05) is 0 Å². The van der Waals surface area contributed by atoms with E-state index < -0.39 is 5.82 Å². The normalized spacial score (nSPS) is 10.8. The van der Waals surface area contributed by atoms with Crippen molar-refractivity contribution < 1.29 is 4.39 Å². The number of nitrogens with one attached hydrogen (secondary N) is 1. The third kappa shape index (κ3) is 1.33. The number of halogens is 1. The Balaban J connectivity index is 2.23. The molecule has 3 aromatic heterocycles. The fourth-order valence-electron chi connectivity index (χ4n) is 1.54. The largest absolute Gasteiger partial charge is 0.336 e. The number of nitrogens with zero attached hydrogens (tertiary/aromatic N) is 3. The summed E-state index contributed by atoms with van der Waals surface area (Å²) in [6.45, 7) is 0. The Morgan fingerprint density at radius 3 is 2.94 bits per heavy atom. The van der Waals surface area contributed by atoms with Gasteiger partial charge in [0.25, 0.3) is 0 Å². The van der Waals surface area contributed by atoms with E-state index >= 15 is 0 Å². The van der Waals surface area contributed by atoms with Gasteiger partial charge in [-0.2, -0.15) is 0 Å². The van der Waals surface area contributed by atoms with Crippen molar-refractivity contribution in [1.82, 2.24) is 19.9 Å². The highest BCUT2D eigenvalue weighted by atomic mass is 19.1. The third-order valence-corrected chi connectivity index (χ3v) is 2.29. The molecule has 0 atom stereocenters. The number of fused-ring (bicyclic) bond motifs is 1. The standard InChI is InChI=1S/C11H7FN4/c12-8-6-13-5-3-7(8)10-15-9-2-1-4-14-11(9)16-10/h1-6H,(H,14,15,16). The lowest BCUT2D eigenvalue weighted by Gasteiger charge is -1.96. The maximum absolute atomic E-state index is 13.5. The molecule has 0 saturated heterocycles. The van der Waals surface area contributed by atoms with Gasteiger partial charge in [-0.3, -0.25) is 4.98 Å². The van der Waals surface area contributed by atoms with Crippen LogP contribution >= 0.6 is 0 Å². The minimum Gasteiger partial charge on any atom is -0.336 e. The van der Waals surface area contributed by atoms with Gasteiger partial charge >= 0.3 is 0 Å². The van der Waals surface area contributed by atoms with Crippen molar-refractivity contribution in [3.63, 3.8) is 0 Å². The second-order valence-corrected chi connectivity index (χ2v) is 3.32. The van der Waals surface area contributed by atoms with Gasteiger partial charge in [0.2, 0.25) is 0 Å². The Kier molecular flexibility index (Phi) is 1.89. The number of hydrogen-bond acceptors (Lipinski definition) is 3. The Morgan fingerprint density at radius 1 is 1.19 bits per heavy atom. The summed E-state index contributed by atoms with van der Waals surface area (Å²) in [4.78, 5) is 15.0. The van der Waals surface area contributed by atoms with E-state index in [1.165, 1.54) is 6.20 Å². The fraction of sp³-hybridized carbons (Fsp3) is 0. The number of pyridine rings is 2. The maximum Gasteiger partial charge on any atom is 0.178 e. The van der Waals surface area contributed by atoms with Gasteiger partial charge < -0.3 is 4.98 Å². The molecule has 16 heavy (non-hydrogen) atoms. The molecule has 0 fully saturated rings. The lowest BCUT2D eigenvalue weighted by atomic mass is 10.2. The van der Waals surface area contributed by atoms with Crippen LogP contribution in [0.15, 0.2) is 36.8 Å². The molecule has 0 aromatic carbocycles. The molecule has 3 rings (SSSR count). The number of hydrogen-bond donors (Lipinski definition) is 1. The van der Waals surface area contributed by atoms with Crippen molar-refractivity contribution in [2.45, 2.75) is 0 Å². The first kappa shape index (κ1) is 8.96. The van der Waals surface area contributed by atoms with E-state index in [1.54, 1.807) is 18.3 Å². The van der Waals surface area contributed by atoms with E-state index in [1.807, 2.05) is 6.07 Å². The summed E-state index contributed by atoms with van der Waals surface area (Å²) in [6, 6.07) is 5.22. The number of H-pyrrole nitrogens is 1. The molecule has 5 heteroatoms. The average molecular weight is 214 g/mol. The zero-order valence-corrected chi connectivity index (χ0v) is 8.18. The van der Waals surface area contributed by atoms with Crippen LogP contribution in [0.25, 0.3) is 22.6 Å². The molecule has 0 bridgehead atoms. The van der Waals surface area contributed by atoms with Gasteiger partial charge in [0, 0.05) is 12.4 Å². The predicted octanol–water partition coefficient (Wildman–Crippen LogP) is 2.16. The van der Waals surface area contributed by atoms with Crippen LogP contribution in [0.1, 0.15) is 0 Å². The molecule has 0 aliphatic heterocycles. The topological polar surface area (TPSA) is 54.5 Å². The van der Waals surface area contributed by atoms with Crippen molar-refractivity contribution in [3.05, 3.63) is 42.6 Å². The quantitative estimate of drug-likeness (QED) is 0.675. The van der Waals surface area contributed by atoms with Crippen molar-refractivity contribution in [3.8, 4) is 11.4 Å². The smallest absolute Gasteiger partial charge is 0.178 e. The van der Waals surface area contributed by atoms with Crippen LogP contribution in [-0.4, -0.2) is 19.9 Å². The van der Waals surface area contributed by atoms with Crippen LogP contribution in [0.4, 0.5) is 4.39 Å². The average Bonchev–Trinajstić information content (AvgIpc) is 2.73. The number of aromatic amines is 1. The first-order valence-corrected chi connectivity index (χ1v) is 4.75. The van der Waals surface area contributed by atoms with Crippen LogP contribution in [-0.2, 0) is 0 Å². The highest BCUT2D eigenvalue weighted by molar-refractivity contribution is 5.75. The first-order valence-electron chi connectivity index (χ1n) is 4.75. The van der Waals surface area contributed by atoms with E-state index in [2.05, 4.69) is 19.9 Å². The highest BCUT2D eigenvalue weighted by Gasteiger charge is 2.09. The highest BCUT2D eigenvalue weighted by Crippen LogP contribution is 2.20. The minimum absolute atomic E-state index is 0.396. The molecule has 0 aliphatic carbocycles. The van der Waals surface area contributed by atoms with Crippen LogP contribution in [0.2, 0.25) is 0 Å². The van der Waals surface area contributed by atoms with Crippen LogP contribution in [0.3, 0.4) is 0 Å². The van der Waals surface area contributed by atoms with E-state index in [0.29, 0.717) is 17.0 Å². The summed E-state index contributed by atoms with van der Waals surface area (Å²) >= 11 is 0. The lowest BCUT2D eigenvalue weighted by Crippen LogP contribution is -1.87. The molecular weight excluding hydrogens is 207 g/mol. The maximum atomic E-state index is 13.5. The van der Waals surface area contributed by atoms with Crippen molar-refractivity contribution in [1.29, 1.82) is 0 Å². The molecule has 1 N–H and O–H groups in total. The first-order chi connectivity index (χ1) is 7.84. The molecule has 3 aromatic rings. The Morgan fingerprint density at radius 2 is 2.12 bits per heavy atom. The zero-order chi connectivity index (χ0) is 11.0. The SMILES string of the molecule is Fc1cnccc1-c1nc2ncccc2[nH]1. The molecule has 0 amide bonds. The molecule has 0 saturated carbocycles. The number of rotatable bonds is 1. The van der Waals surface area contributed by atoms with Crippen LogP contribution < -0.4 is 0 Å². The predicted molar refractivity (Wildman–Crippen MR) is 57.1 cm³/mol. The molecule has 0 spiro atoms. The Hall–Kier alpha value is -2.30. The van der Waals surface area contributed by atoms with Crippen molar-refractivity contribution in [2.24, 2.45) is 0 Å². The summed E-state index contributed by atoms with van der Waals surface area (Å²) in [7, 11) is 0. The van der Waals surface area contributed by atoms with Gasteiger partial charge in [0.1, 0.15) is 5.82 Å². The summed E-state index contributed by atoms with van der Waals surface area (Å²) in [5, 5.41) is 0. The molecule has 4 nitrogen and oxygen atoms in total. The van der Waals surface area contributed by atoms with Gasteiger partial charge in [0.15, 0.2) is 11.5 Å². The second-order valence-electron chi connectivity index (χ2n) is 3.32. The second kappa shape index (κ2) is 3.37. The summed E-state index contributed by atoms with van der Waals surface area (Å²) in [5.41, 5.74) is 1.76. The minimum atomic E-state index is -0.401. The number of imidazole rings is 1. The van der Waals surface area contributed by atoms with Gasteiger partial charge in [-0.15, -0.1) is 0 Å². The Bertz CT molecular complexity index is 614. The summed E-state index contributed by atoms with van der Waals surface area (Å²) in [6.07, 6.45) is 4.34. The van der Waals surface area contributed by atoms with Gasteiger partial charge in [-0.05, 0) is 18.2 Å². The van der Waals surface area contributed by atoms with Gasteiger partial charge in [-0.1, -0.05) is 0 Å². The lowest BCUT2D eigenvalue weighted by molar-refractivity contribution is 0.624. The Labute approximate surface area is 90.2 Å². The number of aromatic nitrogens is 4. The van der Waals surface area contributed by atoms with Gasteiger partial charge in [-0.25, -0.2) is 14.4 Å². The van der Waals surface area contributed by atoms with E-state index in [-0.39, 0.29) is 0 Å². The summed E-state index contributed by atoms with van der Waals surface area (Å²) in [5.74, 6) is 0.0650. The van der Waals surface area contributed by atoms with Crippen molar-refractivity contribution >= 4 is 11.2 Å². The van der Waals surface area contributed by atoms with Crippen LogP contribution in [0, 0.1) is 5.82 Å². The van der Waals surface area contributed by atoms with E-state index in [4.69, 9.17) is 0 Å². The monoisotopic (exact) mass is 214 g/mol. The summed E-state index contributed by atoms with van der Waals surface area (Å²) < 4.78 is 13.5. The molecular formula is C11H7FN4. The molecule has 0 aliphatic rings. The molecule has 0 radical (unpaired) electrons. The van der Waals surface area contributed by atoms with E-state index in [0.717, 1.165) is 11.7 Å². The molecule has 78 valence electrons. The van der Waals surface area contributed by atoms with Gasteiger partial charge in [0.05, 0.1) is 17.3 Å². The van der Waals surface area contributed by atoms with Crippen LogP contribution in [0.5, 0.6) is 0 Å². The molecule has 3 heterocycles. The zero-order valence-electron chi connectivity index (χ0n) is 8.18. The molecule has 0 unspecified atom stereocenters. The van der Waals surface area contributed by atoms with E-state index in [9.17, 15) is 4.39 Å².